The van der Waals surface area contributed by atoms with Gasteiger partial charge in [-0.25, -0.2) is 4.79 Å². The molecule has 1 aliphatic carbocycles. The lowest BCUT2D eigenvalue weighted by Gasteiger charge is -2.35. The summed E-state index contributed by atoms with van der Waals surface area (Å²) in [5, 5.41) is 0. The lowest BCUT2D eigenvalue weighted by atomic mass is 9.87. The number of ether oxygens (including phenoxy) is 1. The first-order chi connectivity index (χ1) is 14.7. The number of carbonyl (C=O) groups is 1. The van der Waals surface area contributed by atoms with Crippen molar-refractivity contribution in [2.45, 2.75) is 64.0 Å². The molecule has 2 bridgehead atoms. The second-order valence-corrected chi connectivity index (χ2v) is 8.97. The molecule has 2 aromatic rings. The van der Waals surface area contributed by atoms with Crippen LogP contribution in [0.1, 0.15) is 63.0 Å². The molecule has 0 radical (unpaired) electrons. The fourth-order valence-electron chi connectivity index (χ4n) is 5.93. The summed E-state index contributed by atoms with van der Waals surface area (Å²) in [7, 11) is 0. The summed E-state index contributed by atoms with van der Waals surface area (Å²) in [6.45, 7) is 4.95. The summed E-state index contributed by atoms with van der Waals surface area (Å²) in [4.78, 5) is 15.2. The highest BCUT2D eigenvalue weighted by Gasteiger charge is 2.41. The third kappa shape index (κ3) is 3.15. The first kappa shape index (κ1) is 19.4. The highest BCUT2D eigenvalue weighted by molar-refractivity contribution is 5.79. The van der Waals surface area contributed by atoms with Crippen LogP contribution in [0.25, 0.3) is 11.1 Å². The van der Waals surface area contributed by atoms with Gasteiger partial charge in [0.2, 0.25) is 0 Å². The molecule has 30 heavy (non-hydrogen) atoms. The Kier molecular flexibility index (Phi) is 5.14. The fraction of sp³-hybridized carbons (Fsp3) is 0.444. The van der Waals surface area contributed by atoms with Gasteiger partial charge in [0.1, 0.15) is 6.61 Å². The van der Waals surface area contributed by atoms with Crippen molar-refractivity contribution in [2.75, 3.05) is 6.61 Å². The molecular weight excluding hydrogens is 370 g/mol. The predicted molar refractivity (Wildman–Crippen MR) is 120 cm³/mol. The minimum atomic E-state index is -0.135. The normalized spacial score (nSPS) is 22.1. The molecule has 2 unspecified atom stereocenters. The molecular formula is C27H31NO2. The Morgan fingerprint density at radius 2 is 1.63 bits per heavy atom. The summed E-state index contributed by atoms with van der Waals surface area (Å²) in [5.74, 6) is 0.789. The first-order valence-corrected chi connectivity index (χ1v) is 11.5. The Morgan fingerprint density at radius 3 is 2.23 bits per heavy atom. The number of nitrogens with zero attached hydrogens (tertiary/aromatic N) is 1. The number of amides is 1. The van der Waals surface area contributed by atoms with Crippen molar-refractivity contribution >= 4 is 6.09 Å². The predicted octanol–water partition coefficient (Wildman–Crippen LogP) is 6.53. The number of benzene rings is 2. The van der Waals surface area contributed by atoms with Crippen LogP contribution in [-0.4, -0.2) is 29.7 Å². The van der Waals surface area contributed by atoms with Crippen molar-refractivity contribution in [3.8, 4) is 11.1 Å². The molecule has 1 amide bonds. The van der Waals surface area contributed by atoms with Crippen LogP contribution < -0.4 is 0 Å². The molecule has 3 nitrogen and oxygen atoms in total. The third-order valence-corrected chi connectivity index (χ3v) is 7.48. The van der Waals surface area contributed by atoms with Gasteiger partial charge in [-0.1, -0.05) is 74.0 Å². The molecule has 1 fully saturated rings. The summed E-state index contributed by atoms with van der Waals surface area (Å²) in [6.07, 6.45) is 7.80. The van der Waals surface area contributed by atoms with Crippen molar-refractivity contribution in [1.29, 1.82) is 0 Å². The molecule has 0 aromatic heterocycles. The SMILES string of the molecule is CCC(CC)C1=CC2CCC(C1)N2C(=O)OCC1c2ccccc2-c2ccccc21. The number of hydrogen-bond donors (Lipinski definition) is 0. The van der Waals surface area contributed by atoms with Crippen LogP contribution in [0.4, 0.5) is 4.79 Å². The van der Waals surface area contributed by atoms with Gasteiger partial charge in [-0.2, -0.15) is 0 Å². The zero-order valence-corrected chi connectivity index (χ0v) is 18.0. The molecule has 2 atom stereocenters. The highest BCUT2D eigenvalue weighted by Crippen LogP contribution is 2.45. The molecule has 2 heterocycles. The number of hydrogen-bond acceptors (Lipinski definition) is 2. The number of carbonyl (C=O) groups excluding carboxylic acids is 1. The Hall–Kier alpha value is -2.55. The fourth-order valence-corrected chi connectivity index (χ4v) is 5.93. The number of fused-ring (bicyclic) bond motifs is 5. The van der Waals surface area contributed by atoms with Crippen LogP contribution >= 0.6 is 0 Å². The van der Waals surface area contributed by atoms with E-state index in [9.17, 15) is 4.79 Å². The van der Waals surface area contributed by atoms with Crippen LogP contribution in [0.15, 0.2) is 60.2 Å². The molecule has 2 aromatic carbocycles. The van der Waals surface area contributed by atoms with Gasteiger partial charge in [0.05, 0.1) is 6.04 Å². The smallest absolute Gasteiger partial charge is 0.410 e. The zero-order valence-electron chi connectivity index (χ0n) is 18.0. The van der Waals surface area contributed by atoms with Crippen molar-refractivity contribution in [3.05, 3.63) is 71.3 Å². The van der Waals surface area contributed by atoms with E-state index < -0.39 is 0 Å². The average Bonchev–Trinajstić information content (AvgIpc) is 3.24. The van der Waals surface area contributed by atoms with Gasteiger partial charge >= 0.3 is 6.09 Å². The Labute approximate surface area is 179 Å². The van der Waals surface area contributed by atoms with Crippen molar-refractivity contribution in [1.82, 2.24) is 4.90 Å². The standard InChI is InChI=1S/C27H31NO2/c1-3-18(4-2)19-15-20-13-14-21(16-19)28(20)27(29)30-17-26-24-11-7-5-9-22(24)23-10-6-8-12-25(23)26/h5-12,15,18,20-21,26H,3-4,13-14,16-17H2,1-2H3. The van der Waals surface area contributed by atoms with E-state index in [0.717, 1.165) is 19.3 Å². The van der Waals surface area contributed by atoms with Gasteiger partial charge in [-0.15, -0.1) is 0 Å². The summed E-state index contributed by atoms with van der Waals surface area (Å²) in [6, 6.07) is 17.5. The first-order valence-electron chi connectivity index (χ1n) is 11.5. The molecule has 1 saturated heterocycles. The maximum absolute atomic E-state index is 13.1. The largest absolute Gasteiger partial charge is 0.448 e. The van der Waals surface area contributed by atoms with Crippen LogP contribution in [0.5, 0.6) is 0 Å². The molecule has 3 aliphatic rings. The van der Waals surface area contributed by atoms with Crippen LogP contribution in [-0.2, 0) is 4.74 Å². The molecule has 156 valence electrons. The van der Waals surface area contributed by atoms with E-state index in [0.29, 0.717) is 18.6 Å². The monoisotopic (exact) mass is 401 g/mol. The lowest BCUT2D eigenvalue weighted by Crippen LogP contribution is -2.44. The zero-order chi connectivity index (χ0) is 20.7. The minimum Gasteiger partial charge on any atom is -0.448 e. The van der Waals surface area contributed by atoms with Gasteiger partial charge in [-0.05, 0) is 60.3 Å². The quantitative estimate of drug-likeness (QED) is 0.533. The summed E-state index contributed by atoms with van der Waals surface area (Å²) >= 11 is 0. The minimum absolute atomic E-state index is 0.124. The topological polar surface area (TPSA) is 29.5 Å². The Balaban J connectivity index is 1.32. The van der Waals surface area contributed by atoms with E-state index >= 15 is 0 Å². The van der Waals surface area contributed by atoms with Gasteiger partial charge in [0, 0.05) is 12.0 Å². The third-order valence-electron chi connectivity index (χ3n) is 7.48. The second kappa shape index (κ2) is 7.94. The van der Waals surface area contributed by atoms with Crippen molar-refractivity contribution < 1.29 is 9.53 Å². The molecule has 0 N–H and O–H groups in total. The van der Waals surface area contributed by atoms with Gasteiger partial charge in [0.25, 0.3) is 0 Å². The van der Waals surface area contributed by atoms with Gasteiger partial charge < -0.3 is 4.74 Å². The molecule has 0 saturated carbocycles. The van der Waals surface area contributed by atoms with Crippen molar-refractivity contribution in [3.63, 3.8) is 0 Å². The maximum Gasteiger partial charge on any atom is 0.410 e. The van der Waals surface area contributed by atoms with E-state index in [-0.39, 0.29) is 18.1 Å². The second-order valence-electron chi connectivity index (χ2n) is 8.97. The van der Waals surface area contributed by atoms with E-state index in [4.69, 9.17) is 4.74 Å². The van der Waals surface area contributed by atoms with E-state index in [1.807, 2.05) is 4.90 Å². The Bertz CT molecular complexity index is 929. The molecule has 5 rings (SSSR count). The maximum atomic E-state index is 13.1. The van der Waals surface area contributed by atoms with Gasteiger partial charge in [0.15, 0.2) is 0 Å². The van der Waals surface area contributed by atoms with Crippen LogP contribution in [0.2, 0.25) is 0 Å². The summed E-state index contributed by atoms with van der Waals surface area (Å²) in [5.41, 5.74) is 6.64. The van der Waals surface area contributed by atoms with Crippen LogP contribution in [0.3, 0.4) is 0 Å². The van der Waals surface area contributed by atoms with E-state index in [1.165, 1.54) is 35.1 Å². The van der Waals surface area contributed by atoms with E-state index in [2.05, 4.69) is 68.5 Å². The summed E-state index contributed by atoms with van der Waals surface area (Å²) < 4.78 is 5.97. The van der Waals surface area contributed by atoms with Gasteiger partial charge in [-0.3, -0.25) is 4.90 Å². The number of rotatable bonds is 5. The van der Waals surface area contributed by atoms with Crippen molar-refractivity contribution in [2.24, 2.45) is 5.92 Å². The lowest BCUT2D eigenvalue weighted by molar-refractivity contribution is 0.0842. The molecule has 0 spiro atoms. The molecule has 2 aliphatic heterocycles. The molecule has 3 heteroatoms. The average molecular weight is 402 g/mol. The highest BCUT2D eigenvalue weighted by atomic mass is 16.6. The van der Waals surface area contributed by atoms with Crippen LogP contribution in [0, 0.1) is 5.92 Å². The Morgan fingerprint density at radius 1 is 1.00 bits per heavy atom. The van der Waals surface area contributed by atoms with E-state index in [1.54, 1.807) is 5.57 Å².